The average Bonchev–Trinajstić information content (AvgIpc) is 2.46. The van der Waals surface area contributed by atoms with E-state index in [9.17, 15) is 22.4 Å². The molecule has 0 atom stereocenters. The van der Waals surface area contributed by atoms with Crippen molar-refractivity contribution >= 4 is 27.2 Å². The number of sulfone groups is 1. The Labute approximate surface area is 139 Å². The minimum Gasteiger partial charge on any atom is -0.325 e. The maximum atomic E-state index is 12.8. The number of hydrogen-bond acceptors (Lipinski definition) is 4. The molecule has 0 saturated carbocycles. The number of halogens is 1. The Morgan fingerprint density at radius 2 is 1.71 bits per heavy atom. The topological polar surface area (TPSA) is 80.3 Å². The summed E-state index contributed by atoms with van der Waals surface area (Å²) in [5.41, 5.74) is 1.49. The molecule has 2 aromatic rings. The third-order valence-electron chi connectivity index (χ3n) is 3.17. The second kappa shape index (κ2) is 7.35. The van der Waals surface area contributed by atoms with Gasteiger partial charge in [-0.25, -0.2) is 12.8 Å². The number of ketones is 1. The van der Waals surface area contributed by atoms with Crippen molar-refractivity contribution in [3.05, 3.63) is 65.5 Å². The van der Waals surface area contributed by atoms with Gasteiger partial charge in [-0.1, -0.05) is 12.1 Å². The van der Waals surface area contributed by atoms with Gasteiger partial charge in [-0.3, -0.25) is 9.59 Å². The average molecular weight is 349 g/mol. The Bertz CT molecular complexity index is 860. The molecular formula is C17H16FNO4S. The first-order chi connectivity index (χ1) is 11.2. The lowest BCUT2D eigenvalue weighted by molar-refractivity contribution is -0.113. The number of aryl methyl sites for hydroxylation is 1. The molecule has 126 valence electrons. The van der Waals surface area contributed by atoms with Crippen LogP contribution < -0.4 is 5.32 Å². The molecule has 1 N–H and O–H groups in total. The minimum atomic E-state index is -3.92. The standard InChI is InChI=1S/C17H16FNO4S/c1-12-3-2-4-15(9-12)19-17(21)11-24(22,23)10-16(20)13-5-7-14(18)8-6-13/h2-9H,10-11H2,1H3,(H,19,21). The van der Waals surface area contributed by atoms with E-state index >= 15 is 0 Å². The van der Waals surface area contributed by atoms with E-state index in [4.69, 9.17) is 0 Å². The summed E-state index contributed by atoms with van der Waals surface area (Å²) in [6.07, 6.45) is 0. The molecule has 1 amide bonds. The van der Waals surface area contributed by atoms with Crippen molar-refractivity contribution in [2.24, 2.45) is 0 Å². The van der Waals surface area contributed by atoms with Gasteiger partial charge in [-0.15, -0.1) is 0 Å². The highest BCUT2D eigenvalue weighted by atomic mass is 32.2. The molecule has 24 heavy (non-hydrogen) atoms. The number of rotatable bonds is 6. The van der Waals surface area contributed by atoms with Gasteiger partial charge >= 0.3 is 0 Å². The lowest BCUT2D eigenvalue weighted by Gasteiger charge is -2.07. The molecule has 2 aromatic carbocycles. The smallest absolute Gasteiger partial charge is 0.239 e. The number of Topliss-reactive ketones (excluding diaryl/α,β-unsaturated/α-hetero) is 1. The lowest BCUT2D eigenvalue weighted by atomic mass is 10.1. The summed E-state index contributed by atoms with van der Waals surface area (Å²) in [6, 6.07) is 11.5. The summed E-state index contributed by atoms with van der Waals surface area (Å²) in [5, 5.41) is 2.48. The van der Waals surface area contributed by atoms with Gasteiger partial charge < -0.3 is 5.32 Å². The molecule has 0 unspecified atom stereocenters. The largest absolute Gasteiger partial charge is 0.325 e. The van der Waals surface area contributed by atoms with Crippen molar-refractivity contribution in [3.8, 4) is 0 Å². The molecule has 0 heterocycles. The number of anilines is 1. The number of carbonyl (C=O) groups is 2. The highest BCUT2D eigenvalue weighted by Crippen LogP contribution is 2.10. The first-order valence-corrected chi connectivity index (χ1v) is 8.93. The van der Waals surface area contributed by atoms with E-state index in [1.807, 2.05) is 13.0 Å². The van der Waals surface area contributed by atoms with Gasteiger partial charge in [0, 0.05) is 11.3 Å². The van der Waals surface area contributed by atoms with Crippen LogP contribution in [0.2, 0.25) is 0 Å². The zero-order valence-electron chi connectivity index (χ0n) is 13.0. The fraction of sp³-hybridized carbons (Fsp3) is 0.176. The predicted octanol–water partition coefficient (Wildman–Crippen LogP) is 2.37. The van der Waals surface area contributed by atoms with Crippen LogP contribution in [0.25, 0.3) is 0 Å². The Balaban J connectivity index is 1.98. The SMILES string of the molecule is Cc1cccc(NC(=O)CS(=O)(=O)CC(=O)c2ccc(F)cc2)c1. The van der Waals surface area contributed by atoms with Gasteiger partial charge in [0.05, 0.1) is 0 Å². The Morgan fingerprint density at radius 1 is 1.04 bits per heavy atom. The summed E-state index contributed by atoms with van der Waals surface area (Å²) in [6.45, 7) is 1.84. The van der Waals surface area contributed by atoms with Gasteiger partial charge in [0.25, 0.3) is 0 Å². The van der Waals surface area contributed by atoms with Crippen LogP contribution in [-0.2, 0) is 14.6 Å². The summed E-state index contributed by atoms with van der Waals surface area (Å²) < 4.78 is 36.8. The van der Waals surface area contributed by atoms with Crippen molar-refractivity contribution in [2.45, 2.75) is 6.92 Å². The summed E-state index contributed by atoms with van der Waals surface area (Å²) in [7, 11) is -3.92. The summed E-state index contributed by atoms with van der Waals surface area (Å²) in [5.74, 6) is -3.52. The van der Waals surface area contributed by atoms with Crippen LogP contribution in [0.4, 0.5) is 10.1 Å². The van der Waals surface area contributed by atoms with E-state index in [2.05, 4.69) is 5.32 Å². The molecular weight excluding hydrogens is 333 g/mol. The van der Waals surface area contributed by atoms with Crippen LogP contribution in [0.1, 0.15) is 15.9 Å². The molecule has 0 aliphatic rings. The van der Waals surface area contributed by atoms with E-state index in [0.717, 1.165) is 17.7 Å². The van der Waals surface area contributed by atoms with Crippen molar-refractivity contribution in [2.75, 3.05) is 16.8 Å². The summed E-state index contributed by atoms with van der Waals surface area (Å²) >= 11 is 0. The Kier molecular flexibility index (Phi) is 5.46. The summed E-state index contributed by atoms with van der Waals surface area (Å²) in [4.78, 5) is 23.8. The molecule has 0 saturated heterocycles. The van der Waals surface area contributed by atoms with Gasteiger partial charge in [-0.05, 0) is 48.9 Å². The van der Waals surface area contributed by atoms with Gasteiger partial charge in [0.2, 0.25) is 5.91 Å². The van der Waals surface area contributed by atoms with Crippen LogP contribution >= 0.6 is 0 Å². The molecule has 5 nitrogen and oxygen atoms in total. The van der Waals surface area contributed by atoms with Gasteiger partial charge in [0.1, 0.15) is 17.3 Å². The third-order valence-corrected chi connectivity index (χ3v) is 4.57. The van der Waals surface area contributed by atoms with Crippen molar-refractivity contribution in [1.29, 1.82) is 0 Å². The number of carbonyl (C=O) groups excluding carboxylic acids is 2. The van der Waals surface area contributed by atoms with Crippen LogP contribution in [0.3, 0.4) is 0 Å². The second-order valence-corrected chi connectivity index (χ2v) is 7.44. The van der Waals surface area contributed by atoms with Crippen molar-refractivity contribution < 1.29 is 22.4 Å². The van der Waals surface area contributed by atoms with E-state index in [-0.39, 0.29) is 5.56 Å². The van der Waals surface area contributed by atoms with E-state index in [1.54, 1.807) is 18.2 Å². The quantitative estimate of drug-likeness (QED) is 0.812. The predicted molar refractivity (Wildman–Crippen MR) is 89.2 cm³/mol. The molecule has 0 aromatic heterocycles. The zero-order valence-corrected chi connectivity index (χ0v) is 13.8. The molecule has 0 fully saturated rings. The monoisotopic (exact) mass is 349 g/mol. The number of nitrogens with one attached hydrogen (secondary N) is 1. The van der Waals surface area contributed by atoms with E-state index < -0.39 is 38.9 Å². The zero-order chi connectivity index (χ0) is 17.7. The Hall–Kier alpha value is -2.54. The van der Waals surface area contributed by atoms with Gasteiger partial charge in [-0.2, -0.15) is 0 Å². The van der Waals surface area contributed by atoms with Crippen LogP contribution in [0.15, 0.2) is 48.5 Å². The normalized spacial score (nSPS) is 11.1. The molecule has 0 aliphatic carbocycles. The molecule has 0 aliphatic heterocycles. The highest BCUT2D eigenvalue weighted by molar-refractivity contribution is 7.92. The molecule has 7 heteroatoms. The number of benzene rings is 2. The first-order valence-electron chi connectivity index (χ1n) is 7.11. The third kappa shape index (κ3) is 5.27. The van der Waals surface area contributed by atoms with Gasteiger partial charge in [0.15, 0.2) is 15.6 Å². The first kappa shape index (κ1) is 17.8. The van der Waals surface area contributed by atoms with Crippen LogP contribution in [-0.4, -0.2) is 31.6 Å². The lowest BCUT2D eigenvalue weighted by Crippen LogP contribution is -2.27. The fourth-order valence-electron chi connectivity index (χ4n) is 2.09. The van der Waals surface area contributed by atoms with Crippen molar-refractivity contribution in [1.82, 2.24) is 0 Å². The molecule has 0 spiro atoms. The number of hydrogen-bond donors (Lipinski definition) is 1. The van der Waals surface area contributed by atoms with Crippen LogP contribution in [0, 0.1) is 12.7 Å². The number of amides is 1. The molecule has 0 bridgehead atoms. The van der Waals surface area contributed by atoms with E-state index in [1.165, 1.54) is 12.1 Å². The maximum absolute atomic E-state index is 12.8. The van der Waals surface area contributed by atoms with Crippen molar-refractivity contribution in [3.63, 3.8) is 0 Å². The molecule has 0 radical (unpaired) electrons. The highest BCUT2D eigenvalue weighted by Gasteiger charge is 2.21. The molecule has 2 rings (SSSR count). The Morgan fingerprint density at radius 3 is 2.33 bits per heavy atom. The minimum absolute atomic E-state index is 0.0825. The van der Waals surface area contributed by atoms with E-state index in [0.29, 0.717) is 5.69 Å². The fourth-order valence-corrected chi connectivity index (χ4v) is 3.23. The second-order valence-electron chi connectivity index (χ2n) is 5.38. The van der Waals surface area contributed by atoms with Crippen LogP contribution in [0.5, 0.6) is 0 Å². The maximum Gasteiger partial charge on any atom is 0.239 e.